The molecule has 0 fully saturated rings. The standard InChI is InChI=1S/C10H10NO2/c11-10(13)9(12)7-6-8-4-2-1-3-5-8/h1-5,7H,6H2,(H2,11,13). The minimum absolute atomic E-state index is 0.447. The number of primary amides is 1. The van der Waals surface area contributed by atoms with Crippen LogP contribution >= 0.6 is 0 Å². The molecule has 0 aliphatic carbocycles. The van der Waals surface area contributed by atoms with Gasteiger partial charge in [0.15, 0.2) is 0 Å². The van der Waals surface area contributed by atoms with Gasteiger partial charge in [-0.15, -0.1) is 0 Å². The van der Waals surface area contributed by atoms with Gasteiger partial charge in [0.1, 0.15) is 0 Å². The van der Waals surface area contributed by atoms with Crippen LogP contribution in [-0.4, -0.2) is 11.7 Å². The average Bonchev–Trinajstić information content (AvgIpc) is 2.15. The van der Waals surface area contributed by atoms with Crippen LogP contribution in [0.1, 0.15) is 5.56 Å². The molecule has 1 radical (unpaired) electrons. The van der Waals surface area contributed by atoms with Gasteiger partial charge in [-0.3, -0.25) is 9.59 Å². The predicted octanol–water partition coefficient (Wildman–Crippen LogP) is 0.488. The maximum Gasteiger partial charge on any atom is 0.285 e. The van der Waals surface area contributed by atoms with Gasteiger partial charge in [0.05, 0.1) is 0 Å². The van der Waals surface area contributed by atoms with Crippen LogP contribution in [0.4, 0.5) is 0 Å². The van der Waals surface area contributed by atoms with Gasteiger partial charge < -0.3 is 5.73 Å². The van der Waals surface area contributed by atoms with Crippen LogP contribution in [0.25, 0.3) is 0 Å². The molecule has 0 heterocycles. The van der Waals surface area contributed by atoms with Crippen LogP contribution < -0.4 is 5.73 Å². The van der Waals surface area contributed by atoms with E-state index < -0.39 is 11.7 Å². The van der Waals surface area contributed by atoms with E-state index in [1.54, 1.807) is 0 Å². The summed E-state index contributed by atoms with van der Waals surface area (Å²) in [5, 5.41) is 0. The van der Waals surface area contributed by atoms with Crippen LogP contribution in [0.3, 0.4) is 0 Å². The first-order chi connectivity index (χ1) is 6.20. The number of amides is 1. The third-order valence-electron chi connectivity index (χ3n) is 1.61. The molecule has 0 spiro atoms. The Morgan fingerprint density at radius 2 is 1.85 bits per heavy atom. The third kappa shape index (κ3) is 3.07. The molecule has 0 saturated carbocycles. The number of carbonyl (C=O) groups is 2. The monoisotopic (exact) mass is 176 g/mol. The molecule has 3 heteroatoms. The molecule has 3 nitrogen and oxygen atoms in total. The molecule has 13 heavy (non-hydrogen) atoms. The maximum absolute atomic E-state index is 10.8. The number of hydrogen-bond acceptors (Lipinski definition) is 2. The van der Waals surface area contributed by atoms with E-state index in [-0.39, 0.29) is 0 Å². The second kappa shape index (κ2) is 4.40. The number of hydrogen-bond donors (Lipinski definition) is 1. The number of nitrogens with two attached hydrogens (primary N) is 1. The van der Waals surface area contributed by atoms with Crippen LogP contribution in [0.15, 0.2) is 30.3 Å². The number of Topliss-reactive ketones (excluding diaryl/α,β-unsaturated/α-hetero) is 1. The number of carbonyl (C=O) groups excluding carboxylic acids is 2. The second-order valence-corrected chi connectivity index (χ2v) is 2.62. The molecular weight excluding hydrogens is 166 g/mol. The predicted molar refractivity (Wildman–Crippen MR) is 48.6 cm³/mol. The van der Waals surface area contributed by atoms with Crippen molar-refractivity contribution in [3.63, 3.8) is 0 Å². The zero-order valence-electron chi connectivity index (χ0n) is 7.07. The lowest BCUT2D eigenvalue weighted by Gasteiger charge is -1.97. The highest BCUT2D eigenvalue weighted by Crippen LogP contribution is 2.01. The van der Waals surface area contributed by atoms with Crippen LogP contribution in [-0.2, 0) is 16.0 Å². The second-order valence-electron chi connectivity index (χ2n) is 2.62. The minimum atomic E-state index is -0.907. The van der Waals surface area contributed by atoms with E-state index in [0.717, 1.165) is 5.56 Å². The Labute approximate surface area is 76.6 Å². The zero-order valence-corrected chi connectivity index (χ0v) is 7.07. The van der Waals surface area contributed by atoms with Crippen LogP contribution in [0.2, 0.25) is 0 Å². The van der Waals surface area contributed by atoms with Crippen molar-refractivity contribution < 1.29 is 9.59 Å². The van der Waals surface area contributed by atoms with Crippen molar-refractivity contribution in [1.82, 2.24) is 0 Å². The number of benzene rings is 1. The Hall–Kier alpha value is -1.64. The summed E-state index contributed by atoms with van der Waals surface area (Å²) in [5.74, 6) is -1.54. The highest BCUT2D eigenvalue weighted by Gasteiger charge is 2.08. The molecule has 0 aliphatic heterocycles. The lowest BCUT2D eigenvalue weighted by Crippen LogP contribution is -2.23. The SMILES string of the molecule is NC(=O)C(=O)[CH]Cc1ccccc1. The van der Waals surface area contributed by atoms with E-state index >= 15 is 0 Å². The smallest absolute Gasteiger partial charge is 0.285 e. The van der Waals surface area contributed by atoms with Gasteiger partial charge in [-0.25, -0.2) is 0 Å². The van der Waals surface area contributed by atoms with Crippen molar-refractivity contribution >= 4 is 11.7 Å². The molecule has 2 N–H and O–H groups in total. The van der Waals surface area contributed by atoms with Gasteiger partial charge >= 0.3 is 0 Å². The summed E-state index contributed by atoms with van der Waals surface area (Å²) in [4.78, 5) is 21.1. The number of rotatable bonds is 4. The van der Waals surface area contributed by atoms with Crippen LogP contribution in [0.5, 0.6) is 0 Å². The van der Waals surface area contributed by atoms with E-state index in [1.165, 1.54) is 6.42 Å². The molecule has 0 atom stereocenters. The van der Waals surface area contributed by atoms with E-state index in [9.17, 15) is 9.59 Å². The van der Waals surface area contributed by atoms with Crippen molar-refractivity contribution in [3.8, 4) is 0 Å². The molecule has 0 aliphatic rings. The molecule has 0 aromatic heterocycles. The third-order valence-corrected chi connectivity index (χ3v) is 1.61. The van der Waals surface area contributed by atoms with Crippen molar-refractivity contribution in [2.24, 2.45) is 5.73 Å². The molecule has 0 saturated heterocycles. The highest BCUT2D eigenvalue weighted by molar-refractivity contribution is 6.38. The fraction of sp³-hybridized carbons (Fsp3) is 0.100. The quantitative estimate of drug-likeness (QED) is 0.678. The van der Waals surface area contributed by atoms with Crippen LogP contribution in [0, 0.1) is 6.42 Å². The zero-order chi connectivity index (χ0) is 9.68. The van der Waals surface area contributed by atoms with Crippen molar-refractivity contribution in [2.45, 2.75) is 6.42 Å². The Kier molecular flexibility index (Phi) is 3.20. The molecule has 67 valence electrons. The first-order valence-corrected chi connectivity index (χ1v) is 3.91. The van der Waals surface area contributed by atoms with Gasteiger partial charge in [0.25, 0.3) is 5.91 Å². The Balaban J connectivity index is 2.44. The van der Waals surface area contributed by atoms with Gasteiger partial charge in [-0.1, -0.05) is 30.3 Å². The minimum Gasteiger partial charge on any atom is -0.363 e. The summed E-state index contributed by atoms with van der Waals surface area (Å²) < 4.78 is 0. The lowest BCUT2D eigenvalue weighted by molar-refractivity contribution is -0.134. The van der Waals surface area contributed by atoms with E-state index in [1.807, 2.05) is 30.3 Å². The molecule has 0 bridgehead atoms. The topological polar surface area (TPSA) is 60.2 Å². The first-order valence-electron chi connectivity index (χ1n) is 3.91. The molecule has 1 aromatic rings. The van der Waals surface area contributed by atoms with Gasteiger partial charge in [0.2, 0.25) is 5.78 Å². The fourth-order valence-electron chi connectivity index (χ4n) is 0.925. The van der Waals surface area contributed by atoms with E-state index in [0.29, 0.717) is 6.42 Å². The van der Waals surface area contributed by atoms with E-state index in [2.05, 4.69) is 0 Å². The summed E-state index contributed by atoms with van der Waals surface area (Å²) in [5.41, 5.74) is 5.76. The molecule has 1 aromatic carbocycles. The molecular formula is C10H10NO2. The maximum atomic E-state index is 10.8. The Bertz CT molecular complexity index is 306. The Morgan fingerprint density at radius 1 is 1.23 bits per heavy atom. The average molecular weight is 176 g/mol. The lowest BCUT2D eigenvalue weighted by atomic mass is 10.1. The summed E-state index contributed by atoms with van der Waals surface area (Å²) >= 11 is 0. The summed E-state index contributed by atoms with van der Waals surface area (Å²) in [6.07, 6.45) is 1.74. The summed E-state index contributed by atoms with van der Waals surface area (Å²) in [7, 11) is 0. The van der Waals surface area contributed by atoms with Gasteiger partial charge in [-0.2, -0.15) is 0 Å². The molecule has 1 rings (SSSR count). The van der Waals surface area contributed by atoms with Crippen molar-refractivity contribution in [2.75, 3.05) is 0 Å². The normalized spacial score (nSPS) is 9.54. The van der Waals surface area contributed by atoms with E-state index in [4.69, 9.17) is 5.73 Å². The summed E-state index contributed by atoms with van der Waals surface area (Å²) in [6.45, 7) is 0. The van der Waals surface area contributed by atoms with Crippen molar-refractivity contribution in [3.05, 3.63) is 42.3 Å². The van der Waals surface area contributed by atoms with Crippen molar-refractivity contribution in [1.29, 1.82) is 0 Å². The molecule has 1 amide bonds. The first kappa shape index (κ1) is 9.45. The summed E-state index contributed by atoms with van der Waals surface area (Å²) in [6, 6.07) is 9.39. The largest absolute Gasteiger partial charge is 0.363 e. The number of ketones is 1. The fourth-order valence-corrected chi connectivity index (χ4v) is 0.925. The Morgan fingerprint density at radius 3 is 2.38 bits per heavy atom. The molecule has 0 unspecified atom stereocenters. The van der Waals surface area contributed by atoms with Gasteiger partial charge in [0, 0.05) is 6.42 Å². The highest BCUT2D eigenvalue weighted by atomic mass is 16.2. The van der Waals surface area contributed by atoms with Gasteiger partial charge in [-0.05, 0) is 12.0 Å².